The molecule has 28 heavy (non-hydrogen) atoms. The smallest absolute Gasteiger partial charge is 0.238 e. The number of amides is 1. The summed E-state index contributed by atoms with van der Waals surface area (Å²) in [6.45, 7) is 4.14. The van der Waals surface area contributed by atoms with E-state index in [1.807, 2.05) is 24.3 Å². The van der Waals surface area contributed by atoms with Crippen LogP contribution in [0.25, 0.3) is 0 Å². The molecule has 1 atom stereocenters. The summed E-state index contributed by atoms with van der Waals surface area (Å²) >= 11 is 0. The quantitative estimate of drug-likeness (QED) is 0.693. The lowest BCUT2D eigenvalue weighted by Crippen LogP contribution is -2.63. The number of β-amino-alcohol motifs (C(OH)–C–C–N with tert-alkyl or cyclic N) is 1. The third-order valence-electron chi connectivity index (χ3n) is 6.07. The molecule has 156 valence electrons. The van der Waals surface area contributed by atoms with Crippen molar-refractivity contribution < 1.29 is 19.4 Å². The van der Waals surface area contributed by atoms with E-state index in [9.17, 15) is 9.90 Å². The van der Waals surface area contributed by atoms with E-state index in [-0.39, 0.29) is 12.5 Å². The molecule has 1 unspecified atom stereocenters. The van der Waals surface area contributed by atoms with Crippen molar-refractivity contribution in [3.8, 4) is 11.5 Å². The van der Waals surface area contributed by atoms with E-state index in [4.69, 9.17) is 15.2 Å². The molecule has 1 aromatic carbocycles. The van der Waals surface area contributed by atoms with Gasteiger partial charge in [0.05, 0.1) is 7.11 Å². The Kier molecular flexibility index (Phi) is 7.15. The van der Waals surface area contributed by atoms with Crippen molar-refractivity contribution in [2.45, 2.75) is 43.7 Å². The normalized spacial score (nSPS) is 21.8. The average Bonchev–Trinajstić information content (AvgIpc) is 2.73. The lowest BCUT2D eigenvalue weighted by molar-refractivity contribution is -0.135. The van der Waals surface area contributed by atoms with Crippen LogP contribution < -0.4 is 15.2 Å². The Morgan fingerprint density at radius 1 is 1.14 bits per heavy atom. The van der Waals surface area contributed by atoms with Crippen LogP contribution in [0.15, 0.2) is 24.3 Å². The van der Waals surface area contributed by atoms with Gasteiger partial charge in [0.25, 0.3) is 0 Å². The molecule has 1 amide bonds. The van der Waals surface area contributed by atoms with Crippen molar-refractivity contribution in [3.63, 3.8) is 0 Å². The van der Waals surface area contributed by atoms with Crippen LogP contribution in [0.3, 0.4) is 0 Å². The molecule has 2 heterocycles. The zero-order chi connectivity index (χ0) is 20.0. The number of piperidine rings is 2. The minimum Gasteiger partial charge on any atom is -0.493 e. The summed E-state index contributed by atoms with van der Waals surface area (Å²) in [6.07, 6.45) is 4.34. The van der Waals surface area contributed by atoms with Gasteiger partial charge < -0.3 is 25.2 Å². The molecule has 7 heteroatoms. The predicted octanol–water partition coefficient (Wildman–Crippen LogP) is 1.24. The molecular weight excluding hydrogens is 358 g/mol. The number of hydrogen-bond donors (Lipinski definition) is 2. The number of para-hydroxylation sites is 2. The summed E-state index contributed by atoms with van der Waals surface area (Å²) in [5.74, 6) is 1.08. The number of hydrogen-bond acceptors (Lipinski definition) is 6. The number of nitrogens with zero attached hydrogens (tertiary/aromatic N) is 2. The third kappa shape index (κ3) is 4.77. The van der Waals surface area contributed by atoms with Crippen LogP contribution in [0, 0.1) is 0 Å². The molecule has 3 rings (SSSR count). The molecule has 3 N–H and O–H groups in total. The van der Waals surface area contributed by atoms with Gasteiger partial charge in [0, 0.05) is 19.6 Å². The van der Waals surface area contributed by atoms with Gasteiger partial charge in [-0.3, -0.25) is 9.69 Å². The average molecular weight is 392 g/mol. The highest BCUT2D eigenvalue weighted by Gasteiger charge is 2.45. The van der Waals surface area contributed by atoms with E-state index in [1.54, 1.807) is 7.11 Å². The van der Waals surface area contributed by atoms with E-state index >= 15 is 0 Å². The lowest BCUT2D eigenvalue weighted by Gasteiger charge is -2.48. The number of aliphatic hydroxyl groups excluding tert-OH is 1. The number of carbonyl (C=O) groups excluding carboxylic acids is 1. The van der Waals surface area contributed by atoms with E-state index in [2.05, 4.69) is 9.80 Å². The highest BCUT2D eigenvalue weighted by atomic mass is 16.5. The van der Waals surface area contributed by atoms with Crippen LogP contribution in [-0.2, 0) is 4.79 Å². The van der Waals surface area contributed by atoms with Gasteiger partial charge in [-0.25, -0.2) is 0 Å². The number of methoxy groups -OCH3 is 1. The first kappa shape index (κ1) is 20.9. The molecule has 0 saturated carbocycles. The number of ether oxygens (including phenoxy) is 2. The standard InChI is InChI=1S/C21H33N3O4/c1-27-18-7-3-4-8-19(18)28-16-17(25)15-23-13-9-21(10-14-23,20(22)26)24-11-5-2-6-12-24/h3-4,7-8,17,25H,2,5-6,9-16H2,1H3,(H2,22,26). The second-order valence-electron chi connectivity index (χ2n) is 7.86. The molecule has 1 aromatic rings. The summed E-state index contributed by atoms with van der Waals surface area (Å²) < 4.78 is 11.0. The fraction of sp³-hybridized carbons (Fsp3) is 0.667. The molecule has 2 aliphatic heterocycles. The summed E-state index contributed by atoms with van der Waals surface area (Å²) in [6, 6.07) is 7.41. The molecule has 0 aromatic heterocycles. The Morgan fingerprint density at radius 3 is 2.39 bits per heavy atom. The van der Waals surface area contributed by atoms with Crippen molar-refractivity contribution in [2.24, 2.45) is 5.73 Å². The van der Waals surface area contributed by atoms with Gasteiger partial charge in [0.15, 0.2) is 11.5 Å². The summed E-state index contributed by atoms with van der Waals surface area (Å²) in [5.41, 5.74) is 5.32. The fourth-order valence-corrected chi connectivity index (χ4v) is 4.42. The van der Waals surface area contributed by atoms with Crippen LogP contribution in [0.1, 0.15) is 32.1 Å². The molecule has 0 spiro atoms. The SMILES string of the molecule is COc1ccccc1OCC(O)CN1CCC(C(N)=O)(N2CCCCC2)CC1. The second kappa shape index (κ2) is 9.58. The highest BCUT2D eigenvalue weighted by molar-refractivity contribution is 5.84. The first-order valence-corrected chi connectivity index (χ1v) is 10.3. The number of aliphatic hydroxyl groups is 1. The van der Waals surface area contributed by atoms with Crippen molar-refractivity contribution in [2.75, 3.05) is 46.4 Å². The summed E-state index contributed by atoms with van der Waals surface area (Å²) in [7, 11) is 1.60. The van der Waals surface area contributed by atoms with E-state index in [1.165, 1.54) is 6.42 Å². The maximum absolute atomic E-state index is 12.3. The highest BCUT2D eigenvalue weighted by Crippen LogP contribution is 2.31. The van der Waals surface area contributed by atoms with Crippen molar-refractivity contribution in [1.29, 1.82) is 0 Å². The van der Waals surface area contributed by atoms with Crippen LogP contribution in [0.4, 0.5) is 0 Å². The number of likely N-dealkylation sites (tertiary alicyclic amines) is 2. The maximum Gasteiger partial charge on any atom is 0.238 e. The maximum atomic E-state index is 12.3. The Balaban J connectivity index is 1.49. The molecule has 0 radical (unpaired) electrons. The number of nitrogens with two attached hydrogens (primary N) is 1. The van der Waals surface area contributed by atoms with Gasteiger partial charge in [0.1, 0.15) is 18.2 Å². The molecule has 2 saturated heterocycles. The Hall–Kier alpha value is -1.83. The minimum atomic E-state index is -0.610. The van der Waals surface area contributed by atoms with Gasteiger partial charge >= 0.3 is 0 Å². The first-order chi connectivity index (χ1) is 13.5. The van der Waals surface area contributed by atoms with Crippen LogP contribution in [0.5, 0.6) is 11.5 Å². The van der Waals surface area contributed by atoms with Crippen molar-refractivity contribution in [3.05, 3.63) is 24.3 Å². The van der Waals surface area contributed by atoms with Crippen LogP contribution >= 0.6 is 0 Å². The molecule has 2 fully saturated rings. The minimum absolute atomic E-state index is 0.198. The Bertz CT molecular complexity index is 640. The van der Waals surface area contributed by atoms with Gasteiger partial charge in [0.2, 0.25) is 5.91 Å². The van der Waals surface area contributed by atoms with Crippen LogP contribution in [0.2, 0.25) is 0 Å². The molecular formula is C21H33N3O4. The third-order valence-corrected chi connectivity index (χ3v) is 6.07. The van der Waals surface area contributed by atoms with Gasteiger partial charge in [-0.2, -0.15) is 0 Å². The summed E-state index contributed by atoms with van der Waals surface area (Å²) in [4.78, 5) is 16.8. The number of carbonyl (C=O) groups is 1. The fourth-order valence-electron chi connectivity index (χ4n) is 4.42. The van der Waals surface area contributed by atoms with E-state index in [0.29, 0.717) is 18.0 Å². The van der Waals surface area contributed by atoms with E-state index < -0.39 is 11.6 Å². The Morgan fingerprint density at radius 2 is 1.79 bits per heavy atom. The number of primary amides is 1. The largest absolute Gasteiger partial charge is 0.493 e. The topological polar surface area (TPSA) is 88.3 Å². The second-order valence-corrected chi connectivity index (χ2v) is 7.86. The molecule has 7 nitrogen and oxygen atoms in total. The van der Waals surface area contributed by atoms with Crippen molar-refractivity contribution in [1.82, 2.24) is 9.80 Å². The van der Waals surface area contributed by atoms with E-state index in [0.717, 1.165) is 51.9 Å². The zero-order valence-corrected chi connectivity index (χ0v) is 16.8. The lowest BCUT2D eigenvalue weighted by atomic mass is 9.83. The monoisotopic (exact) mass is 391 g/mol. The van der Waals surface area contributed by atoms with Crippen LogP contribution in [-0.4, -0.2) is 78.9 Å². The zero-order valence-electron chi connectivity index (χ0n) is 16.8. The predicted molar refractivity (Wildman–Crippen MR) is 108 cm³/mol. The first-order valence-electron chi connectivity index (χ1n) is 10.3. The molecule has 0 bridgehead atoms. The summed E-state index contributed by atoms with van der Waals surface area (Å²) in [5, 5.41) is 10.4. The van der Waals surface area contributed by atoms with Crippen molar-refractivity contribution >= 4 is 5.91 Å². The molecule has 0 aliphatic carbocycles. The Labute approximate surface area is 167 Å². The van der Waals surface area contributed by atoms with Gasteiger partial charge in [-0.1, -0.05) is 18.6 Å². The van der Waals surface area contributed by atoms with Gasteiger partial charge in [-0.15, -0.1) is 0 Å². The molecule has 2 aliphatic rings. The number of rotatable bonds is 8. The van der Waals surface area contributed by atoms with Gasteiger partial charge in [-0.05, 0) is 50.9 Å². The number of benzene rings is 1.